The number of benzene rings is 3. The molecule has 1 fully saturated rings. The van der Waals surface area contributed by atoms with E-state index in [-0.39, 0.29) is 22.1 Å². The minimum absolute atomic E-state index is 0.0212. The Bertz CT molecular complexity index is 1360. The molecule has 0 spiro atoms. The van der Waals surface area contributed by atoms with Crippen LogP contribution >= 0.6 is 11.8 Å². The highest BCUT2D eigenvalue weighted by molar-refractivity contribution is 8.01. The summed E-state index contributed by atoms with van der Waals surface area (Å²) in [5.74, 6) is -0.407. The van der Waals surface area contributed by atoms with Gasteiger partial charge in [-0.05, 0) is 21.7 Å². The number of nitrogens with zero attached hydrogens (tertiary/aromatic N) is 4. The third kappa shape index (κ3) is 4.72. The molecule has 6 nitrogen and oxygen atoms in total. The van der Waals surface area contributed by atoms with Gasteiger partial charge in [0, 0.05) is 7.05 Å². The Morgan fingerprint density at radius 2 is 1.30 bits per heavy atom. The molecule has 2 heterocycles. The Hall–Kier alpha value is -3.20. The van der Waals surface area contributed by atoms with Gasteiger partial charge in [0.05, 0.1) is 16.0 Å². The van der Waals surface area contributed by atoms with E-state index >= 15 is 0 Å². The minimum Gasteiger partial charge on any atom is -0.384 e. The molecule has 1 aliphatic heterocycles. The number of hydrogen-bond donors (Lipinski definition) is 1. The lowest BCUT2D eigenvalue weighted by molar-refractivity contribution is -0.150. The van der Waals surface area contributed by atoms with Gasteiger partial charge in [-0.15, -0.1) is 11.8 Å². The van der Waals surface area contributed by atoms with Gasteiger partial charge in [0.2, 0.25) is 5.91 Å². The van der Waals surface area contributed by atoms with E-state index in [1.807, 2.05) is 18.2 Å². The van der Waals surface area contributed by atoms with E-state index in [0.717, 1.165) is 16.7 Å². The molecule has 5 rings (SSSR count). The second-order valence-electron chi connectivity index (χ2n) is 12.1. The molecule has 1 aliphatic rings. The molecule has 1 saturated heterocycles. The average Bonchev–Trinajstić information content (AvgIpc) is 3.38. The third-order valence-electron chi connectivity index (χ3n) is 8.58. The fourth-order valence-electron chi connectivity index (χ4n) is 5.41. The number of aliphatic hydroxyl groups excluding tert-OH is 1. The maximum absolute atomic E-state index is 14.1. The highest BCUT2D eigenvalue weighted by Crippen LogP contribution is 2.58. The third-order valence-corrected chi connectivity index (χ3v) is 15.9. The zero-order valence-corrected chi connectivity index (χ0v) is 25.8. The number of carbonyl (C=O) groups is 1. The first-order chi connectivity index (χ1) is 19.0. The fourth-order valence-corrected chi connectivity index (χ4v) is 10.4. The van der Waals surface area contributed by atoms with Gasteiger partial charge in [0.1, 0.15) is 12.4 Å². The smallest absolute Gasteiger partial charge is 0.224 e. The maximum Gasteiger partial charge on any atom is 0.224 e. The number of amides is 1. The van der Waals surface area contributed by atoms with Gasteiger partial charge >= 0.3 is 0 Å². The van der Waals surface area contributed by atoms with E-state index in [1.165, 1.54) is 0 Å². The van der Waals surface area contributed by atoms with Crippen LogP contribution in [0.25, 0.3) is 0 Å². The lowest BCUT2D eigenvalue weighted by atomic mass is 9.84. The van der Waals surface area contributed by atoms with Crippen molar-refractivity contribution in [2.75, 3.05) is 0 Å². The van der Waals surface area contributed by atoms with Crippen molar-refractivity contribution in [1.82, 2.24) is 19.3 Å². The molecule has 40 heavy (non-hydrogen) atoms. The van der Waals surface area contributed by atoms with Crippen molar-refractivity contribution in [3.63, 3.8) is 0 Å². The summed E-state index contributed by atoms with van der Waals surface area (Å²) in [6, 6.07) is 31.5. The van der Waals surface area contributed by atoms with Gasteiger partial charge in [-0.3, -0.25) is 9.48 Å². The molecular weight excluding hydrogens is 533 g/mol. The van der Waals surface area contributed by atoms with E-state index < -0.39 is 25.0 Å². The summed E-state index contributed by atoms with van der Waals surface area (Å²) in [5.41, 5.74) is 3.36. The first-order valence-electron chi connectivity index (χ1n) is 13.7. The summed E-state index contributed by atoms with van der Waals surface area (Å²) in [7, 11) is -0.559. The van der Waals surface area contributed by atoms with Crippen molar-refractivity contribution in [2.24, 2.45) is 13.0 Å². The predicted molar refractivity (Wildman–Crippen MR) is 164 cm³/mol. The molecule has 3 aromatic carbocycles. The molecule has 0 aliphatic carbocycles. The summed E-state index contributed by atoms with van der Waals surface area (Å²) >= 11 is 1.75. The largest absolute Gasteiger partial charge is 0.384 e. The van der Waals surface area contributed by atoms with Crippen LogP contribution in [0.4, 0.5) is 0 Å². The van der Waals surface area contributed by atoms with Crippen LogP contribution < -0.4 is 0 Å². The summed E-state index contributed by atoms with van der Waals surface area (Å²) in [6.45, 7) is 11.2. The van der Waals surface area contributed by atoms with Crippen LogP contribution in [0.1, 0.15) is 49.4 Å². The van der Waals surface area contributed by atoms with E-state index in [2.05, 4.69) is 121 Å². The van der Waals surface area contributed by atoms with Crippen LogP contribution in [-0.2, 0) is 16.6 Å². The average molecular weight is 571 g/mol. The normalized spacial score (nSPS) is 18.9. The zero-order valence-electron chi connectivity index (χ0n) is 24.0. The van der Waals surface area contributed by atoms with Gasteiger partial charge in [-0.2, -0.15) is 5.10 Å². The van der Waals surface area contributed by atoms with Crippen LogP contribution in [0.5, 0.6) is 0 Å². The van der Waals surface area contributed by atoms with Gasteiger partial charge in [-0.25, -0.2) is 4.98 Å². The van der Waals surface area contributed by atoms with Crippen molar-refractivity contribution < 1.29 is 9.90 Å². The van der Waals surface area contributed by atoms with Crippen LogP contribution in [0, 0.1) is 5.92 Å². The number of aromatic nitrogens is 3. The first-order valence-corrected chi connectivity index (χ1v) is 17.5. The molecular formula is C32H38N4O2SSi. The lowest BCUT2D eigenvalue weighted by Gasteiger charge is -2.60. The zero-order chi connectivity index (χ0) is 28.7. The molecule has 3 atom stereocenters. The Balaban J connectivity index is 1.72. The van der Waals surface area contributed by atoms with Gasteiger partial charge < -0.3 is 9.67 Å². The SMILES string of the molecule is Cn1cnc(C(O)C2C(=O)N([Si](C)(C)C(C)(C)C)C2SC(c2ccccc2)(c2ccccc2)c2ccccc2)n1. The van der Waals surface area contributed by atoms with Gasteiger partial charge in [-0.1, -0.05) is 125 Å². The monoisotopic (exact) mass is 570 g/mol. The molecule has 3 unspecified atom stereocenters. The first kappa shape index (κ1) is 28.3. The van der Waals surface area contributed by atoms with Crippen LogP contribution in [0.15, 0.2) is 97.3 Å². The van der Waals surface area contributed by atoms with E-state index in [4.69, 9.17) is 0 Å². The van der Waals surface area contributed by atoms with Crippen LogP contribution in [0.2, 0.25) is 18.1 Å². The van der Waals surface area contributed by atoms with E-state index in [9.17, 15) is 9.90 Å². The number of β-lactam (4-membered cyclic amide) rings is 1. The topological polar surface area (TPSA) is 71.2 Å². The molecule has 0 radical (unpaired) electrons. The summed E-state index contributed by atoms with van der Waals surface area (Å²) in [6.07, 6.45) is 0.463. The second kappa shape index (κ2) is 10.6. The van der Waals surface area contributed by atoms with Crippen LogP contribution in [0.3, 0.4) is 0 Å². The minimum atomic E-state index is -2.33. The van der Waals surface area contributed by atoms with Crippen molar-refractivity contribution in [1.29, 1.82) is 0 Å². The molecule has 0 saturated carbocycles. The summed E-state index contributed by atoms with van der Waals surface area (Å²) < 4.78 is 3.06. The number of rotatable bonds is 8. The number of hydrogen-bond acceptors (Lipinski definition) is 5. The molecule has 4 aromatic rings. The fraction of sp³-hybridized carbons (Fsp3) is 0.344. The van der Waals surface area contributed by atoms with Gasteiger partial charge in [0.25, 0.3) is 0 Å². The molecule has 208 valence electrons. The predicted octanol–water partition coefficient (Wildman–Crippen LogP) is 6.36. The van der Waals surface area contributed by atoms with Crippen molar-refractivity contribution in [3.05, 3.63) is 120 Å². The van der Waals surface area contributed by atoms with Gasteiger partial charge in [0.15, 0.2) is 14.1 Å². The molecule has 1 amide bonds. The lowest BCUT2D eigenvalue weighted by Crippen LogP contribution is -2.73. The van der Waals surface area contributed by atoms with E-state index in [1.54, 1.807) is 29.8 Å². The Labute approximate surface area is 242 Å². The van der Waals surface area contributed by atoms with Crippen molar-refractivity contribution in [2.45, 2.75) is 55.1 Å². The second-order valence-corrected chi connectivity index (χ2v) is 18.5. The highest BCUT2D eigenvalue weighted by Gasteiger charge is 2.62. The Morgan fingerprint density at radius 1 is 0.850 bits per heavy atom. The number of carbonyl (C=O) groups excluding carboxylic acids is 1. The van der Waals surface area contributed by atoms with Crippen molar-refractivity contribution in [3.8, 4) is 0 Å². The Kier molecular flexibility index (Phi) is 7.54. The maximum atomic E-state index is 14.1. The molecule has 0 bridgehead atoms. The standard InChI is InChI=1S/C32H38N4O2SSi/c1-31(2,3)40(5,6)36-29(38)26(27(37)28-33-22-35(4)34-28)30(36)39-32(23-16-10-7-11-17-23,24-18-12-8-13-19-24)25-20-14-9-15-21-25/h7-22,26-27,30,37H,1-6H3. The van der Waals surface area contributed by atoms with E-state index in [0.29, 0.717) is 0 Å². The van der Waals surface area contributed by atoms with Crippen molar-refractivity contribution >= 4 is 25.9 Å². The highest BCUT2D eigenvalue weighted by atomic mass is 32.2. The Morgan fingerprint density at radius 3 is 1.68 bits per heavy atom. The molecule has 1 aromatic heterocycles. The summed E-state index contributed by atoms with van der Waals surface area (Å²) in [4.78, 5) is 18.4. The molecule has 8 heteroatoms. The number of aryl methyl sites for hydroxylation is 1. The summed E-state index contributed by atoms with van der Waals surface area (Å²) in [5, 5.41) is 15.6. The number of thioether (sulfide) groups is 1. The quantitative estimate of drug-likeness (QED) is 0.152. The number of aliphatic hydroxyl groups is 1. The molecule has 1 N–H and O–H groups in total. The van der Waals surface area contributed by atoms with Crippen LogP contribution in [-0.4, -0.2) is 44.0 Å².